The van der Waals surface area contributed by atoms with Gasteiger partial charge in [-0.25, -0.2) is 4.39 Å². The summed E-state index contributed by atoms with van der Waals surface area (Å²) < 4.78 is 14.2. The molecule has 0 saturated carbocycles. The molecule has 0 bridgehead atoms. The molecule has 2 aromatic carbocycles. The normalized spacial score (nSPS) is 12.6. The molecule has 0 nitrogen and oxygen atoms in total. The Morgan fingerprint density at radius 3 is 2.48 bits per heavy atom. The molecule has 0 fully saturated rings. The molecule has 0 heterocycles. The molecule has 0 atom stereocenters. The van der Waals surface area contributed by atoms with Gasteiger partial charge in [0.1, 0.15) is 5.82 Å². The largest absolute Gasteiger partial charge is 0.206 e. The number of benzene rings is 2. The van der Waals surface area contributed by atoms with Gasteiger partial charge in [0.25, 0.3) is 0 Å². The zero-order chi connectivity index (χ0) is 17.0. The van der Waals surface area contributed by atoms with E-state index < -0.39 is 0 Å². The van der Waals surface area contributed by atoms with Crippen LogP contribution in [0.25, 0.3) is 11.1 Å². The minimum absolute atomic E-state index is 0.252. The lowest BCUT2D eigenvalue weighted by Gasteiger charge is -2.13. The predicted molar refractivity (Wildman–Crippen MR) is 99.2 cm³/mol. The first-order valence-electron chi connectivity index (χ1n) is 7.84. The Hall–Kier alpha value is -1.86. The Kier molecular flexibility index (Phi) is 5.79. The van der Waals surface area contributed by atoms with Crippen LogP contribution in [-0.2, 0) is 0 Å². The van der Waals surface area contributed by atoms with E-state index in [1.165, 1.54) is 17.2 Å². The van der Waals surface area contributed by atoms with Crippen molar-refractivity contribution < 1.29 is 4.39 Å². The van der Waals surface area contributed by atoms with E-state index in [1.807, 2.05) is 6.92 Å². The Morgan fingerprint density at radius 2 is 1.83 bits per heavy atom. The van der Waals surface area contributed by atoms with Gasteiger partial charge in [-0.15, -0.1) is 0 Å². The first-order valence-corrected chi connectivity index (χ1v) is 8.22. The number of rotatable bonds is 4. The van der Waals surface area contributed by atoms with E-state index >= 15 is 0 Å². The third-order valence-corrected chi connectivity index (χ3v) is 4.31. The van der Waals surface area contributed by atoms with Crippen LogP contribution in [0.3, 0.4) is 0 Å². The summed E-state index contributed by atoms with van der Waals surface area (Å²) in [5.41, 5.74) is 6.03. The van der Waals surface area contributed by atoms with Gasteiger partial charge in [0.15, 0.2) is 0 Å². The smallest absolute Gasteiger partial charge is 0.130 e. The Balaban J connectivity index is 2.67. The highest BCUT2D eigenvalue weighted by Crippen LogP contribution is 2.31. The Morgan fingerprint density at radius 1 is 1.09 bits per heavy atom. The van der Waals surface area contributed by atoms with E-state index in [9.17, 15) is 4.39 Å². The molecule has 0 N–H and O–H groups in total. The van der Waals surface area contributed by atoms with Gasteiger partial charge in [0, 0.05) is 10.6 Å². The quantitative estimate of drug-likeness (QED) is 0.419. The number of aryl methyl sites for hydroxylation is 2. The first kappa shape index (κ1) is 17.5. The second-order valence-corrected chi connectivity index (χ2v) is 6.21. The van der Waals surface area contributed by atoms with Gasteiger partial charge in [-0.1, -0.05) is 48.9 Å². The van der Waals surface area contributed by atoms with Gasteiger partial charge in [-0.3, -0.25) is 0 Å². The van der Waals surface area contributed by atoms with E-state index in [0.717, 1.165) is 23.1 Å². The van der Waals surface area contributed by atoms with E-state index in [1.54, 1.807) is 12.1 Å². The molecule has 2 heteroatoms. The number of halogens is 2. The maximum atomic E-state index is 14.2. The lowest BCUT2D eigenvalue weighted by atomic mass is 9.93. The molecule has 0 aliphatic carbocycles. The maximum Gasteiger partial charge on any atom is 0.130 e. The average Bonchev–Trinajstić information content (AvgIpc) is 2.53. The van der Waals surface area contributed by atoms with E-state index in [2.05, 4.69) is 51.1 Å². The van der Waals surface area contributed by atoms with Crippen molar-refractivity contribution in [1.82, 2.24) is 0 Å². The molecule has 0 amide bonds. The van der Waals surface area contributed by atoms with Gasteiger partial charge in [-0.2, -0.15) is 0 Å². The molecule has 120 valence electrons. The van der Waals surface area contributed by atoms with Crippen molar-refractivity contribution in [3.63, 3.8) is 0 Å². The molecule has 0 spiro atoms. The summed E-state index contributed by atoms with van der Waals surface area (Å²) in [7, 11) is 0. The summed E-state index contributed by atoms with van der Waals surface area (Å²) in [6, 6.07) is 11.0. The van der Waals surface area contributed by atoms with Crippen LogP contribution in [0.2, 0.25) is 5.02 Å². The van der Waals surface area contributed by atoms with Crippen molar-refractivity contribution in [2.75, 3.05) is 0 Å². The van der Waals surface area contributed by atoms with E-state index in [4.69, 9.17) is 11.6 Å². The zero-order valence-electron chi connectivity index (χ0n) is 14.1. The van der Waals surface area contributed by atoms with Gasteiger partial charge in [-0.05, 0) is 73.2 Å². The standard InChI is InChI=1S/C21H22ClF/c1-5-6-7-19(17-9-8-14(2)15(3)12-17)16(4)20-13-18(22)10-11-21(20)23/h6-13H,5H2,1-4H3/b7-6-,19-16-. The fraction of sp³-hybridized carbons (Fsp3) is 0.238. The third-order valence-electron chi connectivity index (χ3n) is 4.07. The molecule has 0 unspecified atom stereocenters. The fourth-order valence-corrected chi connectivity index (χ4v) is 2.68. The highest BCUT2D eigenvalue weighted by Gasteiger charge is 2.11. The molecule has 2 aromatic rings. The molecule has 0 aliphatic heterocycles. The maximum absolute atomic E-state index is 14.2. The van der Waals surface area contributed by atoms with Gasteiger partial charge < -0.3 is 0 Å². The van der Waals surface area contributed by atoms with Crippen LogP contribution in [0.5, 0.6) is 0 Å². The van der Waals surface area contributed by atoms with E-state index in [0.29, 0.717) is 10.6 Å². The summed E-state index contributed by atoms with van der Waals surface area (Å²) in [4.78, 5) is 0. The molecule has 0 saturated heterocycles. The van der Waals surface area contributed by atoms with Crippen LogP contribution in [0.1, 0.15) is 42.5 Å². The fourth-order valence-electron chi connectivity index (χ4n) is 2.51. The average molecular weight is 329 g/mol. The van der Waals surface area contributed by atoms with Crippen LogP contribution in [0, 0.1) is 19.7 Å². The van der Waals surface area contributed by atoms with Crippen LogP contribution >= 0.6 is 11.6 Å². The minimum atomic E-state index is -0.252. The third kappa shape index (κ3) is 4.11. The van der Waals surface area contributed by atoms with Crippen molar-refractivity contribution in [3.05, 3.63) is 81.6 Å². The lowest BCUT2D eigenvalue weighted by Crippen LogP contribution is -1.93. The highest BCUT2D eigenvalue weighted by molar-refractivity contribution is 6.30. The lowest BCUT2D eigenvalue weighted by molar-refractivity contribution is 0.624. The van der Waals surface area contributed by atoms with Crippen molar-refractivity contribution in [1.29, 1.82) is 0 Å². The molecule has 2 rings (SSSR count). The molecular formula is C21H22ClF. The summed E-state index contributed by atoms with van der Waals surface area (Å²) in [6.07, 6.45) is 5.09. The Bertz CT molecular complexity index is 769. The van der Waals surface area contributed by atoms with E-state index in [-0.39, 0.29) is 5.82 Å². The summed E-state index contributed by atoms with van der Waals surface area (Å²) in [5, 5.41) is 0.541. The summed E-state index contributed by atoms with van der Waals surface area (Å²) in [5.74, 6) is -0.252. The second-order valence-electron chi connectivity index (χ2n) is 5.77. The van der Waals surface area contributed by atoms with Crippen molar-refractivity contribution in [2.45, 2.75) is 34.1 Å². The molecule has 0 aliphatic rings. The number of hydrogen-bond donors (Lipinski definition) is 0. The molecule has 0 radical (unpaired) electrons. The topological polar surface area (TPSA) is 0 Å². The highest BCUT2D eigenvalue weighted by atomic mass is 35.5. The van der Waals surface area contributed by atoms with Crippen LogP contribution in [0.4, 0.5) is 4.39 Å². The SMILES string of the molecule is CC/C=C\C(=C(/C)c1cc(Cl)ccc1F)c1ccc(C)c(C)c1. The van der Waals surface area contributed by atoms with Gasteiger partial charge in [0.05, 0.1) is 0 Å². The zero-order valence-corrected chi connectivity index (χ0v) is 14.8. The van der Waals surface area contributed by atoms with Crippen molar-refractivity contribution in [3.8, 4) is 0 Å². The van der Waals surface area contributed by atoms with Gasteiger partial charge >= 0.3 is 0 Å². The number of hydrogen-bond acceptors (Lipinski definition) is 0. The molecule has 23 heavy (non-hydrogen) atoms. The molecule has 0 aromatic heterocycles. The molecular weight excluding hydrogens is 307 g/mol. The van der Waals surface area contributed by atoms with Crippen LogP contribution in [-0.4, -0.2) is 0 Å². The van der Waals surface area contributed by atoms with Crippen molar-refractivity contribution in [2.24, 2.45) is 0 Å². The monoisotopic (exact) mass is 328 g/mol. The minimum Gasteiger partial charge on any atom is -0.206 e. The van der Waals surface area contributed by atoms with Crippen molar-refractivity contribution >= 4 is 22.7 Å². The van der Waals surface area contributed by atoms with Gasteiger partial charge in [0.2, 0.25) is 0 Å². The van der Waals surface area contributed by atoms with Crippen LogP contribution in [0.15, 0.2) is 48.6 Å². The second kappa shape index (κ2) is 7.61. The summed E-state index contributed by atoms with van der Waals surface area (Å²) in [6.45, 7) is 8.21. The van der Waals surface area contributed by atoms with Crippen LogP contribution < -0.4 is 0 Å². The Labute approximate surface area is 143 Å². The summed E-state index contributed by atoms with van der Waals surface area (Å²) >= 11 is 6.05. The first-order chi connectivity index (χ1) is 10.9. The number of allylic oxidation sites excluding steroid dienone is 4. The predicted octanol–water partition coefficient (Wildman–Crippen LogP) is 6.99.